The van der Waals surface area contributed by atoms with Gasteiger partial charge in [-0.15, -0.1) is 11.3 Å². The number of rotatable bonds is 5. The van der Waals surface area contributed by atoms with Crippen molar-refractivity contribution >= 4 is 39.8 Å². The van der Waals surface area contributed by atoms with Gasteiger partial charge >= 0.3 is 0 Å². The largest absolute Gasteiger partial charge is 0.463 e. The summed E-state index contributed by atoms with van der Waals surface area (Å²) >= 11 is 1.32. The summed E-state index contributed by atoms with van der Waals surface area (Å²) in [5, 5.41) is 18.9. The fourth-order valence-electron chi connectivity index (χ4n) is 3.22. The number of benzene rings is 2. The number of hydrogen-bond acceptors (Lipinski definition) is 6. The maximum Gasteiger partial charge on any atom is 0.294 e. The Morgan fingerprint density at radius 3 is 2.77 bits per heavy atom. The predicted molar refractivity (Wildman–Crippen MR) is 120 cm³/mol. The van der Waals surface area contributed by atoms with Crippen LogP contribution in [0.1, 0.15) is 5.56 Å². The normalized spacial score (nSPS) is 12.2. The van der Waals surface area contributed by atoms with Crippen LogP contribution in [-0.4, -0.2) is 20.8 Å². The van der Waals surface area contributed by atoms with Crippen LogP contribution in [-0.2, 0) is 0 Å². The van der Waals surface area contributed by atoms with E-state index >= 15 is 0 Å². The lowest BCUT2D eigenvalue weighted by Crippen LogP contribution is -2.11. The van der Waals surface area contributed by atoms with Gasteiger partial charge in [-0.3, -0.25) is 10.1 Å². The second-order valence-electron chi connectivity index (χ2n) is 6.58. The predicted octanol–water partition coefficient (Wildman–Crippen LogP) is 5.31. The van der Waals surface area contributed by atoms with E-state index in [0.717, 1.165) is 16.5 Å². The fourth-order valence-corrected chi connectivity index (χ4v) is 4.05. The summed E-state index contributed by atoms with van der Waals surface area (Å²) in [6, 6.07) is 17.9. The van der Waals surface area contributed by atoms with Gasteiger partial charge in [0.05, 0.1) is 17.4 Å². The number of aromatic nitrogens is 2. The topological polar surface area (TPSA) is 102 Å². The van der Waals surface area contributed by atoms with Crippen LogP contribution in [0.25, 0.3) is 22.4 Å². The average molecular weight is 429 g/mol. The molecule has 0 aliphatic carbocycles. The maximum atomic E-state index is 11.4. The van der Waals surface area contributed by atoms with Crippen molar-refractivity contribution in [3.63, 3.8) is 0 Å². The molecule has 31 heavy (non-hydrogen) atoms. The number of para-hydroxylation sites is 3. The van der Waals surface area contributed by atoms with Crippen molar-refractivity contribution in [2.75, 3.05) is 0 Å². The van der Waals surface area contributed by atoms with E-state index in [-0.39, 0.29) is 11.4 Å². The quantitative estimate of drug-likeness (QED) is 0.232. The first kappa shape index (κ1) is 18.8. The van der Waals surface area contributed by atoms with Gasteiger partial charge in [0.25, 0.3) is 5.69 Å². The number of furan rings is 1. The van der Waals surface area contributed by atoms with E-state index in [1.54, 1.807) is 41.4 Å². The van der Waals surface area contributed by atoms with Gasteiger partial charge < -0.3 is 9.40 Å². The van der Waals surface area contributed by atoms with E-state index in [4.69, 9.17) is 4.42 Å². The summed E-state index contributed by atoms with van der Waals surface area (Å²) in [5.74, 6) is 0.622. The Morgan fingerprint density at radius 2 is 1.94 bits per heavy atom. The molecule has 3 heterocycles. The number of fused-ring (bicyclic) bond motifs is 1. The Balaban J connectivity index is 1.67. The summed E-state index contributed by atoms with van der Waals surface area (Å²) in [5.41, 5.74) is 2.81. The summed E-state index contributed by atoms with van der Waals surface area (Å²) in [6.45, 7) is 0. The highest BCUT2D eigenvalue weighted by Gasteiger charge is 2.14. The molecule has 152 valence electrons. The lowest BCUT2D eigenvalue weighted by Gasteiger charge is -2.01. The van der Waals surface area contributed by atoms with Crippen molar-refractivity contribution in [2.45, 2.75) is 0 Å². The number of aromatic amines is 1. The number of nitrogens with one attached hydrogen (secondary N) is 1. The second-order valence-corrected chi connectivity index (χ2v) is 7.42. The Kier molecular flexibility index (Phi) is 4.77. The molecule has 0 unspecified atom stereocenters. The monoisotopic (exact) mass is 429 g/mol. The second kappa shape index (κ2) is 7.88. The third kappa shape index (κ3) is 3.58. The molecule has 0 saturated carbocycles. The third-order valence-electron chi connectivity index (χ3n) is 4.69. The molecule has 0 aliphatic heterocycles. The van der Waals surface area contributed by atoms with Crippen LogP contribution in [0, 0.1) is 10.1 Å². The maximum absolute atomic E-state index is 11.4. The van der Waals surface area contributed by atoms with Gasteiger partial charge in [-0.05, 0) is 24.3 Å². The third-order valence-corrected chi connectivity index (χ3v) is 5.50. The van der Waals surface area contributed by atoms with Gasteiger partial charge in [0.1, 0.15) is 11.4 Å². The highest BCUT2D eigenvalue weighted by Crippen LogP contribution is 2.27. The molecule has 0 bridgehead atoms. The zero-order valence-electron chi connectivity index (χ0n) is 16.0. The molecule has 0 fully saturated rings. The molecule has 2 aromatic carbocycles. The standard InChI is InChI=1S/C22H15N5O3S/c28-27(29)19-9-4-3-8-18(19)25-22-26(20(14-31-22)21-10-5-11-30-21)24-13-15-12-23-17-7-2-1-6-16(15)17/h1-14,23H. The Morgan fingerprint density at radius 1 is 1.10 bits per heavy atom. The Bertz CT molecular complexity index is 1470. The molecule has 5 rings (SSSR count). The van der Waals surface area contributed by atoms with Crippen molar-refractivity contribution in [3.05, 3.63) is 99.0 Å². The molecule has 3 aromatic heterocycles. The molecular formula is C22H15N5O3S. The molecule has 8 nitrogen and oxygen atoms in total. The molecule has 0 atom stereocenters. The van der Waals surface area contributed by atoms with E-state index < -0.39 is 4.92 Å². The minimum absolute atomic E-state index is 0.0670. The summed E-state index contributed by atoms with van der Waals surface area (Å²) in [4.78, 5) is 19.2. The molecule has 5 aromatic rings. The number of H-pyrrole nitrogens is 1. The SMILES string of the molecule is O=[N+]([O-])c1ccccc1N=c1scc(-c2ccco2)n1N=Cc1c[nH]c2ccccc12. The molecule has 1 N–H and O–H groups in total. The van der Waals surface area contributed by atoms with Crippen molar-refractivity contribution in [3.8, 4) is 11.5 Å². The summed E-state index contributed by atoms with van der Waals surface area (Å²) in [6.07, 6.45) is 5.20. The van der Waals surface area contributed by atoms with Crippen LogP contribution in [0.5, 0.6) is 0 Å². The zero-order valence-corrected chi connectivity index (χ0v) is 16.8. The van der Waals surface area contributed by atoms with Crippen LogP contribution in [0.4, 0.5) is 11.4 Å². The average Bonchev–Trinajstić information content (AvgIpc) is 3.52. The van der Waals surface area contributed by atoms with Crippen LogP contribution < -0.4 is 4.80 Å². The zero-order chi connectivity index (χ0) is 21.2. The molecule has 9 heteroatoms. The number of hydrogen-bond donors (Lipinski definition) is 1. The smallest absolute Gasteiger partial charge is 0.294 e. The van der Waals surface area contributed by atoms with Crippen molar-refractivity contribution in [1.29, 1.82) is 0 Å². The van der Waals surface area contributed by atoms with Gasteiger partial charge in [0, 0.05) is 34.1 Å². The molecule has 0 aliphatic rings. The van der Waals surface area contributed by atoms with Crippen LogP contribution in [0.15, 0.2) is 93.0 Å². The van der Waals surface area contributed by atoms with Gasteiger partial charge in [0.15, 0.2) is 5.76 Å². The first-order valence-corrected chi connectivity index (χ1v) is 10.2. The number of nitro groups is 1. The molecule has 0 spiro atoms. The van der Waals surface area contributed by atoms with Crippen molar-refractivity contribution < 1.29 is 9.34 Å². The van der Waals surface area contributed by atoms with Crippen LogP contribution in [0.2, 0.25) is 0 Å². The Labute approximate surface area is 179 Å². The summed E-state index contributed by atoms with van der Waals surface area (Å²) < 4.78 is 7.18. The summed E-state index contributed by atoms with van der Waals surface area (Å²) in [7, 11) is 0. The number of nitrogens with zero attached hydrogens (tertiary/aromatic N) is 4. The van der Waals surface area contributed by atoms with E-state index in [2.05, 4.69) is 15.1 Å². The van der Waals surface area contributed by atoms with E-state index in [0.29, 0.717) is 16.3 Å². The van der Waals surface area contributed by atoms with E-state index in [1.807, 2.05) is 41.9 Å². The minimum Gasteiger partial charge on any atom is -0.463 e. The molecule has 0 amide bonds. The van der Waals surface area contributed by atoms with Crippen LogP contribution >= 0.6 is 11.3 Å². The Hall–Kier alpha value is -4.24. The minimum atomic E-state index is -0.445. The van der Waals surface area contributed by atoms with Gasteiger partial charge in [-0.1, -0.05) is 30.3 Å². The highest BCUT2D eigenvalue weighted by atomic mass is 32.1. The van der Waals surface area contributed by atoms with Gasteiger partial charge in [-0.2, -0.15) is 5.10 Å². The van der Waals surface area contributed by atoms with Gasteiger partial charge in [-0.25, -0.2) is 9.67 Å². The lowest BCUT2D eigenvalue weighted by atomic mass is 10.2. The number of nitro benzene ring substituents is 1. The lowest BCUT2D eigenvalue weighted by molar-refractivity contribution is -0.384. The fraction of sp³-hybridized carbons (Fsp3) is 0. The molecule has 0 radical (unpaired) electrons. The molecule has 0 saturated heterocycles. The van der Waals surface area contributed by atoms with E-state index in [1.165, 1.54) is 17.4 Å². The molecular weight excluding hydrogens is 414 g/mol. The van der Waals surface area contributed by atoms with Crippen molar-refractivity contribution in [1.82, 2.24) is 9.66 Å². The number of thiazole rings is 1. The van der Waals surface area contributed by atoms with Crippen molar-refractivity contribution in [2.24, 2.45) is 10.1 Å². The first-order chi connectivity index (χ1) is 15.2. The first-order valence-electron chi connectivity index (χ1n) is 9.34. The van der Waals surface area contributed by atoms with Gasteiger partial charge in [0.2, 0.25) is 4.80 Å². The van der Waals surface area contributed by atoms with Crippen LogP contribution in [0.3, 0.4) is 0 Å². The van der Waals surface area contributed by atoms with E-state index in [9.17, 15) is 10.1 Å². The highest BCUT2D eigenvalue weighted by molar-refractivity contribution is 7.07.